The largest absolute Gasteiger partial charge is 0.507 e. The van der Waals surface area contributed by atoms with E-state index >= 15 is 0 Å². The van der Waals surface area contributed by atoms with Crippen molar-refractivity contribution in [1.29, 1.82) is 0 Å². The highest BCUT2D eigenvalue weighted by Gasteiger charge is 2.10. The van der Waals surface area contributed by atoms with Gasteiger partial charge >= 0.3 is 0 Å². The topological polar surface area (TPSA) is 50.4 Å². The van der Waals surface area contributed by atoms with Crippen LogP contribution in [0.4, 0.5) is 5.95 Å². The summed E-state index contributed by atoms with van der Waals surface area (Å²) in [6.45, 7) is 0.630. The van der Waals surface area contributed by atoms with Crippen LogP contribution in [0, 0.1) is 0 Å². The van der Waals surface area contributed by atoms with Crippen molar-refractivity contribution in [1.82, 2.24) is 9.55 Å². The van der Waals surface area contributed by atoms with E-state index < -0.39 is 0 Å². The lowest BCUT2D eigenvalue weighted by molar-refractivity contribution is 0.474. The summed E-state index contributed by atoms with van der Waals surface area (Å²) in [6.07, 6.45) is 1.63. The lowest BCUT2D eigenvalue weighted by Crippen LogP contribution is -1.99. The van der Waals surface area contributed by atoms with Crippen LogP contribution in [0.3, 0.4) is 0 Å². The number of hydrogen-bond donors (Lipinski definition) is 1. The molecule has 0 spiro atoms. The molecule has 0 fully saturated rings. The summed E-state index contributed by atoms with van der Waals surface area (Å²) in [7, 11) is 0. The van der Waals surface area contributed by atoms with Gasteiger partial charge in [-0.25, -0.2) is 9.98 Å². The minimum atomic E-state index is 0.191. The van der Waals surface area contributed by atoms with Crippen LogP contribution in [0.15, 0.2) is 77.8 Å². The molecule has 0 saturated carbocycles. The van der Waals surface area contributed by atoms with Crippen molar-refractivity contribution >= 4 is 34.8 Å². The Labute approximate surface area is 156 Å². The Kier molecular flexibility index (Phi) is 4.42. The number of hydrogen-bond acceptors (Lipinski definition) is 3. The number of benzene rings is 3. The maximum Gasteiger partial charge on any atom is 0.230 e. The van der Waals surface area contributed by atoms with E-state index in [0.717, 1.165) is 16.6 Å². The van der Waals surface area contributed by atoms with Crippen LogP contribution < -0.4 is 0 Å². The molecule has 128 valence electrons. The molecule has 0 amide bonds. The van der Waals surface area contributed by atoms with E-state index in [1.54, 1.807) is 18.3 Å². The molecule has 0 atom stereocenters. The quantitative estimate of drug-likeness (QED) is 0.508. The first kappa shape index (κ1) is 16.4. The summed E-state index contributed by atoms with van der Waals surface area (Å²) in [5, 5.41) is 10.6. The SMILES string of the molecule is Oc1ccccc1C=Nc1nc2ccccc2n1Cc1ccc(Cl)cc1. The van der Waals surface area contributed by atoms with Gasteiger partial charge in [0.15, 0.2) is 0 Å². The highest BCUT2D eigenvalue weighted by molar-refractivity contribution is 6.30. The van der Waals surface area contributed by atoms with E-state index in [2.05, 4.69) is 14.5 Å². The normalized spacial score (nSPS) is 11.4. The molecule has 4 nitrogen and oxygen atoms in total. The number of para-hydroxylation sites is 3. The van der Waals surface area contributed by atoms with Gasteiger partial charge in [-0.05, 0) is 42.0 Å². The molecule has 1 aromatic heterocycles. The molecule has 0 saturated heterocycles. The number of nitrogens with zero attached hydrogens (tertiary/aromatic N) is 3. The van der Waals surface area contributed by atoms with E-state index in [9.17, 15) is 5.11 Å². The summed E-state index contributed by atoms with van der Waals surface area (Å²) in [5.41, 5.74) is 3.65. The lowest BCUT2D eigenvalue weighted by Gasteiger charge is -2.07. The average molecular weight is 362 g/mol. The highest BCUT2D eigenvalue weighted by atomic mass is 35.5. The number of fused-ring (bicyclic) bond motifs is 1. The van der Waals surface area contributed by atoms with Gasteiger partial charge in [-0.2, -0.15) is 0 Å². The fourth-order valence-electron chi connectivity index (χ4n) is 2.81. The van der Waals surface area contributed by atoms with Crippen molar-refractivity contribution < 1.29 is 5.11 Å². The second-order valence-corrected chi connectivity index (χ2v) is 6.37. The first-order valence-corrected chi connectivity index (χ1v) is 8.60. The van der Waals surface area contributed by atoms with Gasteiger partial charge in [-0.1, -0.05) is 48.0 Å². The zero-order valence-electron chi connectivity index (χ0n) is 13.9. The molecule has 0 aliphatic rings. The predicted octanol–water partition coefficient (Wildman–Crippen LogP) is 5.19. The van der Waals surface area contributed by atoms with Crippen LogP contribution in [-0.2, 0) is 6.54 Å². The smallest absolute Gasteiger partial charge is 0.230 e. The molecule has 0 unspecified atom stereocenters. The van der Waals surface area contributed by atoms with Crippen LogP contribution in [0.5, 0.6) is 5.75 Å². The van der Waals surface area contributed by atoms with Gasteiger partial charge in [-0.15, -0.1) is 0 Å². The molecular weight excluding hydrogens is 346 g/mol. The molecule has 1 heterocycles. The first-order chi connectivity index (χ1) is 12.7. The minimum absolute atomic E-state index is 0.191. The van der Waals surface area contributed by atoms with Gasteiger partial charge in [0.2, 0.25) is 5.95 Å². The maximum atomic E-state index is 9.93. The third-order valence-electron chi connectivity index (χ3n) is 4.14. The third-order valence-corrected chi connectivity index (χ3v) is 4.40. The number of halogens is 1. The van der Waals surface area contributed by atoms with Crippen molar-refractivity contribution in [3.63, 3.8) is 0 Å². The molecule has 0 aliphatic carbocycles. The average Bonchev–Trinajstić information content (AvgIpc) is 3.00. The molecule has 4 rings (SSSR count). The van der Waals surface area contributed by atoms with Crippen molar-refractivity contribution in [2.24, 2.45) is 4.99 Å². The lowest BCUT2D eigenvalue weighted by atomic mass is 10.2. The van der Waals surface area contributed by atoms with Gasteiger partial charge in [0.05, 0.1) is 17.6 Å². The summed E-state index contributed by atoms with van der Waals surface area (Å²) in [6, 6.07) is 22.8. The van der Waals surface area contributed by atoms with E-state index in [4.69, 9.17) is 11.6 Å². The second kappa shape index (κ2) is 7.02. The molecule has 3 aromatic carbocycles. The Balaban J connectivity index is 1.76. The standard InChI is InChI=1S/C21H16ClN3O/c22-17-11-9-15(10-12-17)14-25-19-7-3-2-6-18(19)24-21(25)23-13-16-5-1-4-8-20(16)26/h1-13,26H,14H2. The third kappa shape index (κ3) is 3.32. The molecule has 0 radical (unpaired) electrons. The van der Waals surface area contributed by atoms with Crippen LogP contribution in [0.1, 0.15) is 11.1 Å². The zero-order valence-corrected chi connectivity index (χ0v) is 14.6. The Morgan fingerprint density at radius 1 is 0.962 bits per heavy atom. The Bertz CT molecular complexity index is 1080. The Morgan fingerprint density at radius 3 is 2.50 bits per heavy atom. The fourth-order valence-corrected chi connectivity index (χ4v) is 2.94. The van der Waals surface area contributed by atoms with E-state index in [1.165, 1.54) is 0 Å². The molecule has 4 aromatic rings. The monoisotopic (exact) mass is 361 g/mol. The van der Waals surface area contributed by atoms with E-state index in [1.807, 2.05) is 60.7 Å². The molecule has 1 N–H and O–H groups in total. The van der Waals surface area contributed by atoms with Crippen LogP contribution >= 0.6 is 11.6 Å². The van der Waals surface area contributed by atoms with Crippen molar-refractivity contribution in [2.75, 3.05) is 0 Å². The van der Waals surface area contributed by atoms with Crippen molar-refractivity contribution in [3.8, 4) is 5.75 Å². The zero-order chi connectivity index (χ0) is 17.9. The highest BCUT2D eigenvalue weighted by Crippen LogP contribution is 2.24. The number of phenols is 1. The van der Waals surface area contributed by atoms with Crippen LogP contribution in [0.25, 0.3) is 11.0 Å². The molecule has 0 bridgehead atoms. The molecule has 0 aliphatic heterocycles. The summed E-state index contributed by atoms with van der Waals surface area (Å²) in [5.74, 6) is 0.779. The fraction of sp³-hybridized carbons (Fsp3) is 0.0476. The number of aliphatic imine (C=N–C) groups is 1. The van der Waals surface area contributed by atoms with Gasteiger partial charge in [-0.3, -0.25) is 0 Å². The van der Waals surface area contributed by atoms with Gasteiger partial charge < -0.3 is 9.67 Å². The number of aromatic nitrogens is 2. The second-order valence-electron chi connectivity index (χ2n) is 5.93. The Hall–Kier alpha value is -3.11. The minimum Gasteiger partial charge on any atom is -0.507 e. The Morgan fingerprint density at radius 2 is 1.69 bits per heavy atom. The summed E-state index contributed by atoms with van der Waals surface area (Å²) < 4.78 is 2.05. The maximum absolute atomic E-state index is 9.93. The number of imidazole rings is 1. The van der Waals surface area contributed by atoms with Crippen molar-refractivity contribution in [2.45, 2.75) is 6.54 Å². The molecule has 26 heavy (non-hydrogen) atoms. The molecule has 5 heteroatoms. The summed E-state index contributed by atoms with van der Waals surface area (Å²) in [4.78, 5) is 9.16. The first-order valence-electron chi connectivity index (χ1n) is 8.22. The van der Waals surface area contributed by atoms with E-state index in [-0.39, 0.29) is 5.75 Å². The van der Waals surface area contributed by atoms with Gasteiger partial charge in [0.1, 0.15) is 5.75 Å². The molecular formula is C21H16ClN3O. The number of aromatic hydroxyl groups is 1. The number of rotatable bonds is 4. The number of phenolic OH excluding ortho intramolecular Hbond substituents is 1. The van der Waals surface area contributed by atoms with Gasteiger partial charge in [0.25, 0.3) is 0 Å². The predicted molar refractivity (Wildman–Crippen MR) is 106 cm³/mol. The van der Waals surface area contributed by atoms with Crippen molar-refractivity contribution in [3.05, 3.63) is 88.9 Å². The van der Waals surface area contributed by atoms with Crippen LogP contribution in [-0.4, -0.2) is 20.9 Å². The summed E-state index contributed by atoms with van der Waals surface area (Å²) >= 11 is 5.99. The van der Waals surface area contributed by atoms with Crippen LogP contribution in [0.2, 0.25) is 5.02 Å². The van der Waals surface area contributed by atoms with E-state index in [0.29, 0.717) is 23.1 Å². The van der Waals surface area contributed by atoms with Gasteiger partial charge in [0, 0.05) is 16.8 Å².